The topological polar surface area (TPSA) is 49.3 Å². The first-order valence-corrected chi connectivity index (χ1v) is 8.82. The highest BCUT2D eigenvalue weighted by Crippen LogP contribution is 2.29. The number of rotatable bonds is 6. The number of nitrogens with one attached hydrogen (secondary N) is 1. The Labute approximate surface area is 154 Å². The lowest BCUT2D eigenvalue weighted by Crippen LogP contribution is -2.17. The van der Waals surface area contributed by atoms with Gasteiger partial charge in [-0.2, -0.15) is 0 Å². The van der Waals surface area contributed by atoms with E-state index in [0.717, 1.165) is 16.7 Å². The molecule has 1 amide bonds. The second-order valence-corrected chi connectivity index (χ2v) is 6.39. The Morgan fingerprint density at radius 3 is 1.88 bits per heavy atom. The van der Waals surface area contributed by atoms with Crippen molar-refractivity contribution in [3.8, 4) is 0 Å². The van der Waals surface area contributed by atoms with Crippen LogP contribution in [-0.4, -0.2) is 11.0 Å². The quantitative estimate of drug-likeness (QED) is 0.667. The van der Waals surface area contributed by atoms with Crippen LogP contribution in [0.1, 0.15) is 42.1 Å². The van der Waals surface area contributed by atoms with Crippen molar-refractivity contribution in [2.45, 2.75) is 25.4 Å². The molecule has 3 aromatic rings. The molecule has 0 aliphatic heterocycles. The van der Waals surface area contributed by atoms with Crippen LogP contribution in [0.3, 0.4) is 0 Å². The van der Waals surface area contributed by atoms with E-state index in [2.05, 4.69) is 29.6 Å². The molecule has 1 atom stereocenters. The van der Waals surface area contributed by atoms with Gasteiger partial charge in [-0.15, -0.1) is 0 Å². The Balaban J connectivity index is 1.83. The molecule has 3 aromatic carbocycles. The highest BCUT2D eigenvalue weighted by Gasteiger charge is 2.19. The number of benzene rings is 3. The van der Waals surface area contributed by atoms with Gasteiger partial charge in [-0.05, 0) is 24.1 Å². The second kappa shape index (κ2) is 8.45. The summed E-state index contributed by atoms with van der Waals surface area (Å²) in [6, 6.07) is 27.5. The van der Waals surface area contributed by atoms with Crippen LogP contribution >= 0.6 is 0 Å². The van der Waals surface area contributed by atoms with Crippen molar-refractivity contribution in [3.63, 3.8) is 0 Å². The van der Waals surface area contributed by atoms with Gasteiger partial charge >= 0.3 is 0 Å². The van der Waals surface area contributed by atoms with E-state index in [1.54, 1.807) is 6.92 Å². The zero-order valence-electron chi connectivity index (χ0n) is 14.8. The van der Waals surface area contributed by atoms with Gasteiger partial charge in [-0.3, -0.25) is 4.79 Å². The van der Waals surface area contributed by atoms with Gasteiger partial charge in [0.2, 0.25) is 5.91 Å². The normalized spacial score (nSPS) is 12.0. The third kappa shape index (κ3) is 4.38. The van der Waals surface area contributed by atoms with Crippen LogP contribution in [0.4, 0.5) is 5.69 Å². The summed E-state index contributed by atoms with van der Waals surface area (Å²) in [4.78, 5) is 12.8. The standard InChI is InChI=1S/C23H23NO2/c1-17(25)20-14-8-9-15-22(20)24-23(26)16-21(18-10-4-2-5-11-18)19-12-6-3-7-13-19/h2-15,17,21,25H,16H2,1H3,(H,24,26). The Morgan fingerprint density at radius 2 is 1.35 bits per heavy atom. The summed E-state index contributed by atoms with van der Waals surface area (Å²) in [5.74, 6) is -0.0908. The molecule has 0 saturated heterocycles. The minimum absolute atomic E-state index is 0.0175. The van der Waals surface area contributed by atoms with Gasteiger partial charge in [-0.25, -0.2) is 0 Å². The molecule has 0 saturated carbocycles. The highest BCUT2D eigenvalue weighted by atomic mass is 16.3. The van der Waals surface area contributed by atoms with Crippen molar-refractivity contribution in [2.75, 3.05) is 5.32 Å². The van der Waals surface area contributed by atoms with E-state index in [-0.39, 0.29) is 11.8 Å². The second-order valence-electron chi connectivity index (χ2n) is 6.39. The molecule has 0 aromatic heterocycles. The molecular weight excluding hydrogens is 322 g/mol. The SMILES string of the molecule is CC(O)c1ccccc1NC(=O)CC(c1ccccc1)c1ccccc1. The maximum absolute atomic E-state index is 12.8. The summed E-state index contributed by atoms with van der Waals surface area (Å²) >= 11 is 0. The molecule has 0 heterocycles. The first-order valence-electron chi connectivity index (χ1n) is 8.82. The molecule has 1 unspecified atom stereocenters. The molecule has 0 fully saturated rings. The molecule has 3 heteroatoms. The van der Waals surface area contributed by atoms with E-state index in [1.807, 2.05) is 60.7 Å². The molecule has 0 spiro atoms. The van der Waals surface area contributed by atoms with Crippen LogP contribution in [0.5, 0.6) is 0 Å². The van der Waals surface area contributed by atoms with Crippen LogP contribution in [-0.2, 0) is 4.79 Å². The fourth-order valence-corrected chi connectivity index (χ4v) is 3.16. The number of aliphatic hydroxyl groups is 1. The molecule has 3 rings (SSSR count). The van der Waals surface area contributed by atoms with E-state index in [4.69, 9.17) is 0 Å². The smallest absolute Gasteiger partial charge is 0.225 e. The van der Waals surface area contributed by atoms with Gasteiger partial charge < -0.3 is 10.4 Å². The molecule has 26 heavy (non-hydrogen) atoms. The fraction of sp³-hybridized carbons (Fsp3) is 0.174. The van der Waals surface area contributed by atoms with Crippen molar-refractivity contribution in [3.05, 3.63) is 102 Å². The first kappa shape index (κ1) is 17.9. The van der Waals surface area contributed by atoms with E-state index < -0.39 is 6.10 Å². The predicted octanol–water partition coefficient (Wildman–Crippen LogP) is 4.90. The van der Waals surface area contributed by atoms with Gasteiger partial charge in [0.25, 0.3) is 0 Å². The van der Waals surface area contributed by atoms with E-state index in [1.165, 1.54) is 0 Å². The fourth-order valence-electron chi connectivity index (χ4n) is 3.16. The number of aliphatic hydroxyl groups excluding tert-OH is 1. The summed E-state index contributed by atoms with van der Waals surface area (Å²) < 4.78 is 0. The molecule has 3 nitrogen and oxygen atoms in total. The number of hydrogen-bond donors (Lipinski definition) is 2. The maximum Gasteiger partial charge on any atom is 0.225 e. The predicted molar refractivity (Wildman–Crippen MR) is 105 cm³/mol. The molecule has 0 aliphatic rings. The van der Waals surface area contributed by atoms with E-state index in [9.17, 15) is 9.90 Å². The van der Waals surface area contributed by atoms with E-state index >= 15 is 0 Å². The molecule has 0 bridgehead atoms. The monoisotopic (exact) mass is 345 g/mol. The van der Waals surface area contributed by atoms with Crippen LogP contribution < -0.4 is 5.32 Å². The van der Waals surface area contributed by atoms with Crippen molar-refractivity contribution >= 4 is 11.6 Å². The number of para-hydroxylation sites is 1. The minimum atomic E-state index is -0.634. The number of hydrogen-bond acceptors (Lipinski definition) is 2. The molecule has 2 N–H and O–H groups in total. The van der Waals surface area contributed by atoms with Crippen LogP contribution in [0, 0.1) is 0 Å². The highest BCUT2D eigenvalue weighted by molar-refractivity contribution is 5.92. The summed E-state index contributed by atoms with van der Waals surface area (Å²) in [7, 11) is 0. The molecule has 0 aliphatic carbocycles. The van der Waals surface area contributed by atoms with Gasteiger partial charge in [0.1, 0.15) is 0 Å². The zero-order chi connectivity index (χ0) is 18.4. The number of amides is 1. The summed E-state index contributed by atoms with van der Waals surface area (Å²) in [6.07, 6.45) is -0.298. The van der Waals surface area contributed by atoms with Gasteiger partial charge in [0, 0.05) is 23.6 Å². The maximum atomic E-state index is 12.8. The summed E-state index contributed by atoms with van der Waals surface area (Å²) in [6.45, 7) is 1.70. The van der Waals surface area contributed by atoms with Crippen molar-refractivity contribution < 1.29 is 9.90 Å². The number of anilines is 1. The number of carbonyl (C=O) groups excluding carboxylic acids is 1. The third-order valence-electron chi connectivity index (χ3n) is 4.48. The average Bonchev–Trinajstić information content (AvgIpc) is 2.68. The third-order valence-corrected chi connectivity index (χ3v) is 4.48. The molecule has 132 valence electrons. The first-order chi connectivity index (χ1) is 12.6. The zero-order valence-corrected chi connectivity index (χ0v) is 14.8. The summed E-state index contributed by atoms with van der Waals surface area (Å²) in [5, 5.41) is 12.9. The minimum Gasteiger partial charge on any atom is -0.389 e. The Bertz CT molecular complexity index is 805. The van der Waals surface area contributed by atoms with Crippen LogP contribution in [0.2, 0.25) is 0 Å². The lowest BCUT2D eigenvalue weighted by Gasteiger charge is -2.19. The lowest BCUT2D eigenvalue weighted by atomic mass is 9.88. The van der Waals surface area contributed by atoms with Gasteiger partial charge in [-0.1, -0.05) is 78.9 Å². The molecular formula is C23H23NO2. The van der Waals surface area contributed by atoms with Gasteiger partial charge in [0.15, 0.2) is 0 Å². The molecule has 0 radical (unpaired) electrons. The summed E-state index contributed by atoms with van der Waals surface area (Å²) in [5.41, 5.74) is 3.60. The van der Waals surface area contributed by atoms with Crippen molar-refractivity contribution in [1.82, 2.24) is 0 Å². The van der Waals surface area contributed by atoms with Crippen LogP contribution in [0.25, 0.3) is 0 Å². The Hall–Kier alpha value is -2.91. The average molecular weight is 345 g/mol. The Kier molecular flexibility index (Phi) is 5.82. The van der Waals surface area contributed by atoms with Crippen molar-refractivity contribution in [1.29, 1.82) is 0 Å². The van der Waals surface area contributed by atoms with Crippen molar-refractivity contribution in [2.24, 2.45) is 0 Å². The Morgan fingerprint density at radius 1 is 0.846 bits per heavy atom. The number of carbonyl (C=O) groups is 1. The van der Waals surface area contributed by atoms with Gasteiger partial charge in [0.05, 0.1) is 6.10 Å². The van der Waals surface area contributed by atoms with Crippen LogP contribution in [0.15, 0.2) is 84.9 Å². The largest absolute Gasteiger partial charge is 0.389 e. The van der Waals surface area contributed by atoms with E-state index in [0.29, 0.717) is 12.1 Å². The lowest BCUT2D eigenvalue weighted by molar-refractivity contribution is -0.116.